The number of aliphatic hydroxyl groups is 1. The lowest BCUT2D eigenvalue weighted by molar-refractivity contribution is -0.109. The first-order chi connectivity index (χ1) is 14.4. The molecule has 0 heterocycles. The third-order valence-electron chi connectivity index (χ3n) is 4.50. The van der Waals surface area contributed by atoms with Gasteiger partial charge in [0.2, 0.25) is 5.78 Å². The maximum absolute atomic E-state index is 12.6. The summed E-state index contributed by atoms with van der Waals surface area (Å²) in [6.45, 7) is 11.4. The fraction of sp³-hybridized carbons (Fsp3) is 0.280. The number of carbonyl (C=O) groups excluding carboxylic acids is 1. The van der Waals surface area contributed by atoms with Crippen LogP contribution in [0.4, 0.5) is 17.1 Å². The molecule has 0 aromatic heterocycles. The Morgan fingerprint density at radius 2 is 1.27 bits per heavy atom. The second-order valence-corrected chi connectivity index (χ2v) is 6.38. The van der Waals surface area contributed by atoms with Crippen molar-refractivity contribution in [1.29, 1.82) is 0 Å². The van der Waals surface area contributed by atoms with E-state index in [9.17, 15) is 9.90 Å². The van der Waals surface area contributed by atoms with E-state index in [1.165, 1.54) is 0 Å². The Bertz CT molecular complexity index is 951. The quantitative estimate of drug-likeness (QED) is 0.432. The second-order valence-electron chi connectivity index (χ2n) is 6.38. The van der Waals surface area contributed by atoms with Crippen LogP contribution in [0.2, 0.25) is 0 Å². The summed E-state index contributed by atoms with van der Waals surface area (Å²) in [5.74, 6) is -0.238. The van der Waals surface area contributed by atoms with Crippen LogP contribution in [-0.4, -0.2) is 16.6 Å². The van der Waals surface area contributed by atoms with Crippen molar-refractivity contribution >= 4 is 28.6 Å². The zero-order chi connectivity index (χ0) is 22.8. The highest BCUT2D eigenvalue weighted by molar-refractivity contribution is 6.52. The van der Waals surface area contributed by atoms with Crippen molar-refractivity contribution in [3.05, 3.63) is 76.6 Å². The molecule has 0 amide bonds. The van der Waals surface area contributed by atoms with Crippen molar-refractivity contribution in [2.45, 2.75) is 48.0 Å². The number of aliphatic imine (C=N–C) groups is 1. The second kappa shape index (κ2) is 11.6. The minimum atomic E-state index is -0.266. The number of nitrogens with zero attached hydrogens (tertiary/aromatic N) is 1. The highest BCUT2D eigenvalue weighted by Crippen LogP contribution is 2.29. The van der Waals surface area contributed by atoms with Crippen LogP contribution in [0, 0.1) is 0 Å². The number of nitrogen functional groups attached to an aromatic ring is 2. The Hall–Kier alpha value is -3.34. The molecule has 0 fully saturated rings. The molecule has 0 spiro atoms. The van der Waals surface area contributed by atoms with Gasteiger partial charge in [-0.1, -0.05) is 39.8 Å². The summed E-state index contributed by atoms with van der Waals surface area (Å²) < 4.78 is 0. The molecule has 2 aromatic carbocycles. The molecule has 0 aliphatic heterocycles. The number of allylic oxidation sites excluding steroid dienone is 3. The summed E-state index contributed by atoms with van der Waals surface area (Å²) in [7, 11) is 0. The number of aliphatic hydroxyl groups excluding tert-OH is 1. The average Bonchev–Trinajstić information content (AvgIpc) is 2.78. The molecule has 1 aliphatic rings. The Kier molecular flexibility index (Phi) is 9.56. The zero-order valence-electron chi connectivity index (χ0n) is 18.8. The van der Waals surface area contributed by atoms with Crippen LogP contribution in [0.3, 0.4) is 0 Å². The average molecular weight is 408 g/mol. The van der Waals surface area contributed by atoms with E-state index in [-0.39, 0.29) is 11.5 Å². The van der Waals surface area contributed by atoms with Crippen molar-refractivity contribution in [1.82, 2.24) is 0 Å². The zero-order valence-corrected chi connectivity index (χ0v) is 18.8. The Morgan fingerprint density at radius 3 is 1.77 bits per heavy atom. The lowest BCUT2D eigenvalue weighted by Gasteiger charge is -2.20. The Balaban J connectivity index is 0.00000106. The van der Waals surface area contributed by atoms with Gasteiger partial charge < -0.3 is 16.6 Å². The van der Waals surface area contributed by atoms with Gasteiger partial charge in [-0.15, -0.1) is 0 Å². The maximum atomic E-state index is 12.6. The Morgan fingerprint density at radius 1 is 0.800 bits per heavy atom. The number of anilines is 2. The first-order valence-electron chi connectivity index (χ1n) is 10.3. The number of rotatable bonds is 3. The largest absolute Gasteiger partial charge is 0.507 e. The maximum Gasteiger partial charge on any atom is 0.211 e. The molecule has 5 heteroatoms. The SMILES string of the molecule is CC.CC.CC1=C(O)C(Cc2ccc(N)cc2)=C(C)C(=Nc2ccc(N)cc2)C1=O. The summed E-state index contributed by atoms with van der Waals surface area (Å²) in [6, 6.07) is 14.4. The van der Waals surface area contributed by atoms with Crippen molar-refractivity contribution < 1.29 is 9.90 Å². The Labute approximate surface area is 179 Å². The van der Waals surface area contributed by atoms with E-state index in [1.54, 1.807) is 31.2 Å². The van der Waals surface area contributed by atoms with Gasteiger partial charge in [0.25, 0.3) is 0 Å². The number of hydrogen-bond donors (Lipinski definition) is 3. The van der Waals surface area contributed by atoms with Gasteiger partial charge in [-0.05, 0) is 61.4 Å². The summed E-state index contributed by atoms with van der Waals surface area (Å²) in [4.78, 5) is 17.1. The fourth-order valence-electron chi connectivity index (χ4n) is 2.87. The molecule has 0 unspecified atom stereocenters. The number of Topliss-reactive ketones (excluding diaryl/α,β-unsaturated/α-hetero) is 1. The van der Waals surface area contributed by atoms with Gasteiger partial charge in [-0.3, -0.25) is 4.79 Å². The molecule has 0 saturated heterocycles. The van der Waals surface area contributed by atoms with E-state index in [0.717, 1.165) is 5.56 Å². The number of ketones is 1. The predicted octanol–water partition coefficient (Wildman–Crippen LogP) is 5.95. The predicted molar refractivity (Wildman–Crippen MR) is 128 cm³/mol. The van der Waals surface area contributed by atoms with Crippen molar-refractivity contribution in [2.75, 3.05) is 11.5 Å². The third-order valence-corrected chi connectivity index (χ3v) is 4.50. The molecule has 0 radical (unpaired) electrons. The van der Waals surface area contributed by atoms with Crippen molar-refractivity contribution in [3.8, 4) is 0 Å². The standard InChI is InChI=1S/C21H21N3O2.2C2H6/c1-12-18(11-14-3-5-15(22)6-4-14)20(25)13(2)21(26)19(12)24-17-9-7-16(23)8-10-17;2*1-2/h3-10,25H,11,22-23H2,1-2H3;2*1-2H3. The highest BCUT2D eigenvalue weighted by atomic mass is 16.3. The molecular formula is C25H33N3O2. The molecule has 0 saturated carbocycles. The first-order valence-corrected chi connectivity index (χ1v) is 10.3. The summed E-state index contributed by atoms with van der Waals surface area (Å²) >= 11 is 0. The fourth-order valence-corrected chi connectivity index (χ4v) is 2.87. The van der Waals surface area contributed by atoms with Crippen LogP contribution in [-0.2, 0) is 11.2 Å². The number of hydrogen-bond acceptors (Lipinski definition) is 5. The molecular weight excluding hydrogens is 374 g/mol. The molecule has 5 nitrogen and oxygen atoms in total. The van der Waals surface area contributed by atoms with E-state index < -0.39 is 0 Å². The number of carbonyl (C=O) groups is 1. The molecule has 0 bridgehead atoms. The third kappa shape index (κ3) is 5.83. The van der Waals surface area contributed by atoms with Gasteiger partial charge in [0.15, 0.2) is 0 Å². The lowest BCUT2D eigenvalue weighted by atomic mass is 9.86. The molecule has 160 valence electrons. The molecule has 3 rings (SSSR count). The first kappa shape index (κ1) is 24.7. The van der Waals surface area contributed by atoms with Gasteiger partial charge in [0.1, 0.15) is 11.5 Å². The normalized spacial score (nSPS) is 14.7. The van der Waals surface area contributed by atoms with Crippen LogP contribution in [0.15, 0.2) is 76.0 Å². The minimum Gasteiger partial charge on any atom is -0.507 e. The van der Waals surface area contributed by atoms with Crippen molar-refractivity contribution in [2.24, 2.45) is 4.99 Å². The van der Waals surface area contributed by atoms with Gasteiger partial charge in [-0.25, -0.2) is 4.99 Å². The molecule has 2 aromatic rings. The van der Waals surface area contributed by atoms with E-state index in [2.05, 4.69) is 4.99 Å². The van der Waals surface area contributed by atoms with Crippen LogP contribution in [0.1, 0.15) is 47.1 Å². The number of nitrogens with two attached hydrogens (primary N) is 2. The topological polar surface area (TPSA) is 102 Å². The molecule has 1 aliphatic carbocycles. The summed E-state index contributed by atoms with van der Waals surface area (Å²) in [5.41, 5.74) is 16.4. The van der Waals surface area contributed by atoms with Crippen LogP contribution in [0.5, 0.6) is 0 Å². The van der Waals surface area contributed by atoms with E-state index in [4.69, 9.17) is 11.5 Å². The molecule has 0 atom stereocenters. The minimum absolute atomic E-state index is 0.0283. The van der Waals surface area contributed by atoms with Crippen LogP contribution in [0.25, 0.3) is 0 Å². The van der Waals surface area contributed by atoms with Gasteiger partial charge in [0.05, 0.1) is 5.69 Å². The monoisotopic (exact) mass is 407 g/mol. The highest BCUT2D eigenvalue weighted by Gasteiger charge is 2.28. The van der Waals surface area contributed by atoms with Gasteiger partial charge in [-0.2, -0.15) is 0 Å². The molecule has 30 heavy (non-hydrogen) atoms. The lowest BCUT2D eigenvalue weighted by Crippen LogP contribution is -2.25. The summed E-state index contributed by atoms with van der Waals surface area (Å²) in [5, 5.41) is 10.5. The molecule has 5 N–H and O–H groups in total. The van der Waals surface area contributed by atoms with Gasteiger partial charge >= 0.3 is 0 Å². The number of benzene rings is 2. The van der Waals surface area contributed by atoms with E-state index in [1.807, 2.05) is 58.9 Å². The van der Waals surface area contributed by atoms with Crippen molar-refractivity contribution in [3.63, 3.8) is 0 Å². The van der Waals surface area contributed by atoms with Crippen LogP contribution >= 0.6 is 0 Å². The van der Waals surface area contributed by atoms with E-state index in [0.29, 0.717) is 45.9 Å². The van der Waals surface area contributed by atoms with E-state index >= 15 is 0 Å². The van der Waals surface area contributed by atoms with Gasteiger partial charge in [0, 0.05) is 28.9 Å². The summed E-state index contributed by atoms with van der Waals surface area (Å²) in [6.07, 6.45) is 0.489. The van der Waals surface area contributed by atoms with Crippen LogP contribution < -0.4 is 11.5 Å². The smallest absolute Gasteiger partial charge is 0.211 e.